The number of thiophene rings is 1. The quantitative estimate of drug-likeness (QED) is 0.701. The van der Waals surface area contributed by atoms with Gasteiger partial charge in [-0.3, -0.25) is 0 Å². The molecule has 1 heterocycles. The average Bonchev–Trinajstić information content (AvgIpc) is 2.68. The van der Waals surface area contributed by atoms with Gasteiger partial charge in [0, 0.05) is 14.8 Å². The minimum Gasteiger partial charge on any atom is -0.412 e. The van der Waals surface area contributed by atoms with E-state index in [1.54, 1.807) is 0 Å². The molecule has 1 radical (unpaired) electrons. The summed E-state index contributed by atoms with van der Waals surface area (Å²) in [5.74, 6) is 0. The van der Waals surface area contributed by atoms with Gasteiger partial charge < -0.3 is 4.43 Å². The number of aryl methyl sites for hydroxylation is 1. The van der Waals surface area contributed by atoms with Crippen molar-refractivity contribution in [2.24, 2.45) is 0 Å². The Labute approximate surface area is 125 Å². The van der Waals surface area contributed by atoms with Crippen molar-refractivity contribution in [3.63, 3.8) is 0 Å². The van der Waals surface area contributed by atoms with E-state index < -0.39 is 9.04 Å². The Balaban J connectivity index is 2.08. The number of hydrogen-bond acceptors (Lipinski definition) is 2. The second-order valence-electron chi connectivity index (χ2n) is 4.80. The highest BCUT2D eigenvalue weighted by atomic mass is 35.5. The Morgan fingerprint density at radius 2 is 2.05 bits per heavy atom. The minimum atomic E-state index is -0.610. The second kappa shape index (κ2) is 6.71. The SMILES string of the molecule is Cc1sc(CO[Si](C)C)cc1Cc1cccc(Cl)c1. The molecular formula is C15H18ClOSSi. The summed E-state index contributed by atoms with van der Waals surface area (Å²) in [7, 11) is -0.610. The molecule has 1 aromatic heterocycles. The Morgan fingerprint density at radius 1 is 1.26 bits per heavy atom. The van der Waals surface area contributed by atoms with Crippen molar-refractivity contribution in [2.75, 3.05) is 0 Å². The summed E-state index contributed by atoms with van der Waals surface area (Å²) in [5, 5.41) is 0.804. The van der Waals surface area contributed by atoms with Gasteiger partial charge in [-0.2, -0.15) is 0 Å². The van der Waals surface area contributed by atoms with Crippen molar-refractivity contribution in [1.29, 1.82) is 0 Å². The lowest BCUT2D eigenvalue weighted by molar-refractivity contribution is 0.318. The van der Waals surface area contributed by atoms with Crippen LogP contribution in [0.1, 0.15) is 20.9 Å². The zero-order valence-corrected chi connectivity index (χ0v) is 14.1. The van der Waals surface area contributed by atoms with Crippen molar-refractivity contribution >= 4 is 32.0 Å². The van der Waals surface area contributed by atoms with E-state index in [0.29, 0.717) is 0 Å². The maximum atomic E-state index is 6.03. The smallest absolute Gasteiger partial charge is 0.205 e. The van der Waals surface area contributed by atoms with E-state index >= 15 is 0 Å². The van der Waals surface area contributed by atoms with Crippen LogP contribution >= 0.6 is 22.9 Å². The number of hydrogen-bond donors (Lipinski definition) is 0. The molecule has 19 heavy (non-hydrogen) atoms. The van der Waals surface area contributed by atoms with Crippen LogP contribution in [0.25, 0.3) is 0 Å². The first-order valence-corrected chi connectivity index (χ1v) is 9.90. The lowest BCUT2D eigenvalue weighted by Gasteiger charge is -2.03. The summed E-state index contributed by atoms with van der Waals surface area (Å²) in [6.45, 7) is 7.26. The van der Waals surface area contributed by atoms with Gasteiger partial charge in [0.2, 0.25) is 9.04 Å². The molecule has 0 atom stereocenters. The predicted molar refractivity (Wildman–Crippen MR) is 85.6 cm³/mol. The summed E-state index contributed by atoms with van der Waals surface area (Å²) < 4.78 is 5.76. The van der Waals surface area contributed by atoms with Crippen molar-refractivity contribution in [3.05, 3.63) is 56.2 Å². The maximum absolute atomic E-state index is 6.03. The van der Waals surface area contributed by atoms with Gasteiger partial charge in [0.1, 0.15) is 0 Å². The first kappa shape index (κ1) is 14.8. The molecule has 1 nitrogen and oxygen atoms in total. The normalized spacial score (nSPS) is 11.2. The Bertz CT molecular complexity index is 551. The molecule has 101 valence electrons. The Kier molecular flexibility index (Phi) is 5.22. The molecule has 4 heteroatoms. The van der Waals surface area contributed by atoms with Crippen molar-refractivity contribution in [1.82, 2.24) is 0 Å². The maximum Gasteiger partial charge on any atom is 0.205 e. The highest BCUT2D eigenvalue weighted by molar-refractivity contribution is 7.12. The lowest BCUT2D eigenvalue weighted by atomic mass is 10.1. The van der Waals surface area contributed by atoms with Crippen LogP contribution in [0.3, 0.4) is 0 Å². The summed E-state index contributed by atoms with van der Waals surface area (Å²) in [6, 6.07) is 10.3. The van der Waals surface area contributed by atoms with Crippen LogP contribution in [0, 0.1) is 6.92 Å². The number of rotatable bonds is 5. The zero-order valence-electron chi connectivity index (χ0n) is 11.5. The molecule has 0 aliphatic carbocycles. The molecule has 0 saturated heterocycles. The molecular weight excluding hydrogens is 292 g/mol. The topological polar surface area (TPSA) is 9.23 Å². The van der Waals surface area contributed by atoms with E-state index in [9.17, 15) is 0 Å². The monoisotopic (exact) mass is 309 g/mol. The molecule has 0 unspecified atom stereocenters. The molecule has 0 N–H and O–H groups in total. The molecule has 0 bridgehead atoms. The van der Waals surface area contributed by atoms with Gasteiger partial charge in [-0.25, -0.2) is 0 Å². The van der Waals surface area contributed by atoms with Crippen LogP contribution < -0.4 is 0 Å². The summed E-state index contributed by atoms with van der Waals surface area (Å²) in [5.41, 5.74) is 2.64. The van der Waals surface area contributed by atoms with Crippen LogP contribution in [-0.2, 0) is 17.5 Å². The van der Waals surface area contributed by atoms with Crippen molar-refractivity contribution in [3.8, 4) is 0 Å². The fourth-order valence-electron chi connectivity index (χ4n) is 1.92. The Hall–Kier alpha value is -0.613. The van der Waals surface area contributed by atoms with Crippen LogP contribution in [0.5, 0.6) is 0 Å². The van der Waals surface area contributed by atoms with Crippen LogP contribution in [-0.4, -0.2) is 9.04 Å². The van der Waals surface area contributed by atoms with E-state index in [0.717, 1.165) is 18.1 Å². The molecule has 0 amide bonds. The van der Waals surface area contributed by atoms with Gasteiger partial charge in [-0.05, 0) is 55.8 Å². The van der Waals surface area contributed by atoms with Gasteiger partial charge >= 0.3 is 0 Å². The van der Waals surface area contributed by atoms with E-state index in [-0.39, 0.29) is 0 Å². The van der Waals surface area contributed by atoms with E-state index in [1.807, 2.05) is 29.5 Å². The van der Waals surface area contributed by atoms with Gasteiger partial charge in [-0.15, -0.1) is 11.3 Å². The molecule has 0 spiro atoms. The predicted octanol–water partition coefficient (Wildman–Crippen LogP) is 5.07. The van der Waals surface area contributed by atoms with Gasteiger partial charge in [0.25, 0.3) is 0 Å². The fraction of sp³-hybridized carbons (Fsp3) is 0.333. The third-order valence-corrected chi connectivity index (χ3v) is 4.88. The molecule has 0 aliphatic rings. The summed E-state index contributed by atoms with van der Waals surface area (Å²) in [6.07, 6.45) is 0.943. The van der Waals surface area contributed by atoms with Crippen molar-refractivity contribution < 1.29 is 4.43 Å². The summed E-state index contributed by atoms with van der Waals surface area (Å²) in [4.78, 5) is 2.69. The third-order valence-electron chi connectivity index (χ3n) is 2.86. The molecule has 2 aromatic rings. The molecule has 0 fully saturated rings. The van der Waals surface area contributed by atoms with Crippen LogP contribution in [0.2, 0.25) is 18.1 Å². The van der Waals surface area contributed by atoms with E-state index in [1.165, 1.54) is 20.9 Å². The van der Waals surface area contributed by atoms with Gasteiger partial charge in [0.05, 0.1) is 6.61 Å². The fourth-order valence-corrected chi connectivity index (χ4v) is 3.65. The largest absolute Gasteiger partial charge is 0.412 e. The average molecular weight is 310 g/mol. The molecule has 0 aliphatic heterocycles. The summed E-state index contributed by atoms with van der Waals surface area (Å²) >= 11 is 7.86. The number of benzene rings is 1. The van der Waals surface area contributed by atoms with Crippen molar-refractivity contribution in [2.45, 2.75) is 33.0 Å². The third kappa shape index (κ3) is 4.46. The number of halogens is 1. The standard InChI is InChI=1S/C15H18ClOSSi/c1-11-13(7-12-5-4-6-14(16)8-12)9-15(18-11)10-17-19(2)3/h4-6,8-9H,7,10H2,1-3H3. The van der Waals surface area contributed by atoms with E-state index in [4.69, 9.17) is 16.0 Å². The zero-order chi connectivity index (χ0) is 13.8. The first-order chi connectivity index (χ1) is 9.04. The minimum absolute atomic E-state index is 0.610. The first-order valence-electron chi connectivity index (χ1n) is 6.30. The van der Waals surface area contributed by atoms with E-state index in [2.05, 4.69) is 32.2 Å². The highest BCUT2D eigenvalue weighted by Crippen LogP contribution is 2.25. The molecule has 2 rings (SSSR count). The second-order valence-corrected chi connectivity index (χ2v) is 8.68. The molecule has 1 aromatic carbocycles. The highest BCUT2D eigenvalue weighted by Gasteiger charge is 2.08. The van der Waals surface area contributed by atoms with Crippen LogP contribution in [0.4, 0.5) is 0 Å². The van der Waals surface area contributed by atoms with Gasteiger partial charge in [-0.1, -0.05) is 23.7 Å². The van der Waals surface area contributed by atoms with Crippen LogP contribution in [0.15, 0.2) is 30.3 Å². The lowest BCUT2D eigenvalue weighted by Crippen LogP contribution is -2.06. The van der Waals surface area contributed by atoms with Gasteiger partial charge in [0.15, 0.2) is 0 Å². The molecule has 0 saturated carbocycles. The Morgan fingerprint density at radius 3 is 2.74 bits per heavy atom.